The van der Waals surface area contributed by atoms with E-state index in [2.05, 4.69) is 14.8 Å². The molecular weight excluding hydrogens is 296 g/mol. The summed E-state index contributed by atoms with van der Waals surface area (Å²) in [7, 11) is 4.06. The molecule has 0 spiro atoms. The molecule has 3 nitrogen and oxygen atoms in total. The van der Waals surface area contributed by atoms with Gasteiger partial charge in [-0.1, -0.05) is 12.1 Å². The first-order valence-electron chi connectivity index (χ1n) is 7.75. The predicted octanol–water partition coefficient (Wildman–Crippen LogP) is 3.31. The number of nitrogens with zero attached hydrogens (tertiary/aromatic N) is 3. The molecule has 2 rings (SSSR count). The summed E-state index contributed by atoms with van der Waals surface area (Å²) in [5, 5.41) is 0. The molecule has 0 N–H and O–H groups in total. The van der Waals surface area contributed by atoms with Gasteiger partial charge >= 0.3 is 0 Å². The van der Waals surface area contributed by atoms with E-state index in [1.54, 1.807) is 6.20 Å². The van der Waals surface area contributed by atoms with Gasteiger partial charge in [0.25, 0.3) is 0 Å². The number of aromatic nitrogens is 1. The van der Waals surface area contributed by atoms with Crippen LogP contribution in [-0.2, 0) is 13.1 Å². The molecule has 0 radical (unpaired) electrons. The smallest absolute Gasteiger partial charge is 0.130 e. The van der Waals surface area contributed by atoms with Crippen LogP contribution in [0.1, 0.15) is 17.7 Å². The van der Waals surface area contributed by atoms with E-state index in [-0.39, 0.29) is 0 Å². The van der Waals surface area contributed by atoms with Crippen molar-refractivity contribution in [3.63, 3.8) is 0 Å². The zero-order valence-corrected chi connectivity index (χ0v) is 13.7. The second kappa shape index (κ2) is 8.70. The van der Waals surface area contributed by atoms with E-state index in [1.165, 1.54) is 12.1 Å². The number of hydrogen-bond donors (Lipinski definition) is 0. The monoisotopic (exact) mass is 319 g/mol. The number of rotatable bonds is 8. The SMILES string of the molecule is CN(C)CCCN(Cc1ccccn1)Cc1ccc(F)cc1F. The van der Waals surface area contributed by atoms with Crippen molar-refractivity contribution in [2.45, 2.75) is 19.5 Å². The van der Waals surface area contributed by atoms with Gasteiger partial charge in [-0.3, -0.25) is 9.88 Å². The zero-order chi connectivity index (χ0) is 16.7. The summed E-state index contributed by atoms with van der Waals surface area (Å²) in [5.74, 6) is -1.04. The third-order valence-corrected chi connectivity index (χ3v) is 3.60. The standard InChI is InChI=1S/C18H23F2N3/c1-22(2)10-5-11-23(14-17-6-3-4-9-21-17)13-15-7-8-16(19)12-18(15)20/h3-4,6-9,12H,5,10-11,13-14H2,1-2H3. The quantitative estimate of drug-likeness (QED) is 0.744. The molecule has 1 aromatic heterocycles. The van der Waals surface area contributed by atoms with Crippen LogP contribution in [0.2, 0.25) is 0 Å². The van der Waals surface area contributed by atoms with Crippen LogP contribution in [0.5, 0.6) is 0 Å². The fourth-order valence-electron chi connectivity index (χ4n) is 2.44. The Morgan fingerprint density at radius 1 is 1.00 bits per heavy atom. The normalized spacial score (nSPS) is 11.4. The van der Waals surface area contributed by atoms with E-state index in [4.69, 9.17) is 0 Å². The number of pyridine rings is 1. The Balaban J connectivity index is 2.05. The molecule has 0 amide bonds. The Labute approximate surface area is 136 Å². The molecule has 0 bridgehead atoms. The van der Waals surface area contributed by atoms with Gasteiger partial charge in [0.1, 0.15) is 11.6 Å². The average molecular weight is 319 g/mol. The van der Waals surface area contributed by atoms with Crippen molar-refractivity contribution in [2.75, 3.05) is 27.2 Å². The summed E-state index contributed by atoms with van der Waals surface area (Å²) in [4.78, 5) is 8.60. The maximum atomic E-state index is 13.9. The molecule has 0 aliphatic heterocycles. The van der Waals surface area contributed by atoms with E-state index in [1.807, 2.05) is 32.3 Å². The molecule has 1 heterocycles. The Morgan fingerprint density at radius 3 is 2.48 bits per heavy atom. The highest BCUT2D eigenvalue weighted by Crippen LogP contribution is 2.14. The first-order valence-corrected chi connectivity index (χ1v) is 7.75. The topological polar surface area (TPSA) is 19.4 Å². The number of halogens is 2. The lowest BCUT2D eigenvalue weighted by Crippen LogP contribution is -2.27. The van der Waals surface area contributed by atoms with Crippen LogP contribution < -0.4 is 0 Å². The van der Waals surface area contributed by atoms with Crippen LogP contribution in [0, 0.1) is 11.6 Å². The van der Waals surface area contributed by atoms with Gasteiger partial charge in [0.2, 0.25) is 0 Å². The fraction of sp³-hybridized carbons (Fsp3) is 0.389. The average Bonchev–Trinajstić information content (AvgIpc) is 2.50. The molecule has 2 aromatic rings. The van der Waals surface area contributed by atoms with Gasteiger partial charge in [-0.2, -0.15) is 0 Å². The molecule has 124 valence electrons. The van der Waals surface area contributed by atoms with Gasteiger partial charge in [0.15, 0.2) is 0 Å². The molecular formula is C18H23F2N3. The third-order valence-electron chi connectivity index (χ3n) is 3.60. The third kappa shape index (κ3) is 6.04. The van der Waals surface area contributed by atoms with Gasteiger partial charge in [-0.25, -0.2) is 8.78 Å². The molecule has 0 saturated carbocycles. The summed E-state index contributed by atoms with van der Waals surface area (Å²) >= 11 is 0. The van der Waals surface area contributed by atoms with E-state index in [9.17, 15) is 8.78 Å². The van der Waals surface area contributed by atoms with E-state index < -0.39 is 11.6 Å². The number of hydrogen-bond acceptors (Lipinski definition) is 3. The highest BCUT2D eigenvalue weighted by molar-refractivity contribution is 5.18. The Morgan fingerprint density at radius 2 is 1.83 bits per heavy atom. The Kier molecular flexibility index (Phi) is 6.62. The summed E-state index contributed by atoms with van der Waals surface area (Å²) < 4.78 is 27.0. The zero-order valence-electron chi connectivity index (χ0n) is 13.7. The second-order valence-corrected chi connectivity index (χ2v) is 5.92. The van der Waals surface area contributed by atoms with Crippen molar-refractivity contribution >= 4 is 0 Å². The molecule has 0 aliphatic carbocycles. The molecule has 5 heteroatoms. The minimum absolute atomic E-state index is 0.441. The highest BCUT2D eigenvalue weighted by atomic mass is 19.1. The Bertz CT molecular complexity index is 602. The maximum Gasteiger partial charge on any atom is 0.130 e. The minimum Gasteiger partial charge on any atom is -0.309 e. The van der Waals surface area contributed by atoms with Gasteiger partial charge in [-0.15, -0.1) is 0 Å². The molecule has 0 fully saturated rings. The van der Waals surface area contributed by atoms with Crippen molar-refractivity contribution in [2.24, 2.45) is 0 Å². The summed E-state index contributed by atoms with van der Waals surface area (Å²) in [6, 6.07) is 9.53. The van der Waals surface area contributed by atoms with Crippen LogP contribution in [0.3, 0.4) is 0 Å². The summed E-state index contributed by atoms with van der Waals surface area (Å²) in [6.45, 7) is 2.87. The van der Waals surface area contributed by atoms with Gasteiger partial charge in [-0.05, 0) is 45.3 Å². The maximum absolute atomic E-state index is 13.9. The molecule has 0 saturated heterocycles. The molecule has 1 aromatic carbocycles. The van der Waals surface area contributed by atoms with Crippen LogP contribution in [0.4, 0.5) is 8.78 Å². The second-order valence-electron chi connectivity index (χ2n) is 5.92. The van der Waals surface area contributed by atoms with Crippen molar-refractivity contribution in [1.29, 1.82) is 0 Å². The van der Waals surface area contributed by atoms with Crippen LogP contribution in [0.15, 0.2) is 42.6 Å². The van der Waals surface area contributed by atoms with E-state index in [0.717, 1.165) is 31.3 Å². The van der Waals surface area contributed by atoms with E-state index >= 15 is 0 Å². The van der Waals surface area contributed by atoms with Gasteiger partial charge in [0, 0.05) is 37.5 Å². The van der Waals surface area contributed by atoms with Crippen LogP contribution in [-0.4, -0.2) is 42.0 Å². The van der Waals surface area contributed by atoms with Gasteiger partial charge in [0.05, 0.1) is 5.69 Å². The molecule has 0 aliphatic rings. The summed E-state index contributed by atoms with van der Waals surface area (Å²) in [6.07, 6.45) is 2.73. The highest BCUT2D eigenvalue weighted by Gasteiger charge is 2.11. The largest absolute Gasteiger partial charge is 0.309 e. The fourth-order valence-corrected chi connectivity index (χ4v) is 2.44. The van der Waals surface area contributed by atoms with Crippen molar-refractivity contribution in [3.05, 3.63) is 65.5 Å². The lowest BCUT2D eigenvalue weighted by atomic mass is 10.1. The first kappa shape index (κ1) is 17.5. The summed E-state index contributed by atoms with van der Waals surface area (Å²) in [5.41, 5.74) is 1.45. The van der Waals surface area contributed by atoms with Crippen LogP contribution in [0.25, 0.3) is 0 Å². The van der Waals surface area contributed by atoms with E-state index in [0.29, 0.717) is 18.7 Å². The molecule has 0 unspecified atom stereocenters. The predicted molar refractivity (Wildman–Crippen MR) is 87.9 cm³/mol. The van der Waals surface area contributed by atoms with Crippen molar-refractivity contribution in [3.8, 4) is 0 Å². The Hall–Kier alpha value is -1.85. The first-order chi connectivity index (χ1) is 11.0. The molecule has 0 atom stereocenters. The minimum atomic E-state index is -0.546. The van der Waals surface area contributed by atoms with Crippen molar-refractivity contribution in [1.82, 2.24) is 14.8 Å². The number of benzene rings is 1. The lowest BCUT2D eigenvalue weighted by molar-refractivity contribution is 0.234. The molecule has 23 heavy (non-hydrogen) atoms. The van der Waals surface area contributed by atoms with Crippen molar-refractivity contribution < 1.29 is 8.78 Å². The lowest BCUT2D eigenvalue weighted by Gasteiger charge is -2.23. The van der Waals surface area contributed by atoms with Gasteiger partial charge < -0.3 is 4.90 Å². The van der Waals surface area contributed by atoms with Crippen LogP contribution >= 0.6 is 0 Å².